The van der Waals surface area contributed by atoms with Gasteiger partial charge in [0.25, 0.3) is 0 Å². The summed E-state index contributed by atoms with van der Waals surface area (Å²) >= 11 is 0. The number of hydrogen-bond donors (Lipinski definition) is 7. The Labute approximate surface area is 452 Å². The highest BCUT2D eigenvalue weighted by molar-refractivity contribution is 5.93. The summed E-state index contributed by atoms with van der Waals surface area (Å²) < 4.78 is 46.2. The summed E-state index contributed by atoms with van der Waals surface area (Å²) in [4.78, 5) is 54.8. The van der Waals surface area contributed by atoms with E-state index in [-0.39, 0.29) is 49.1 Å². The number of oxime groups is 1. The van der Waals surface area contributed by atoms with Gasteiger partial charge in [0, 0.05) is 69.5 Å². The zero-order valence-corrected chi connectivity index (χ0v) is 47.8. The molecule has 3 fully saturated rings. The van der Waals surface area contributed by atoms with E-state index in [0.29, 0.717) is 43.3 Å². The molecular formula is C55H89N5O17. The fourth-order valence-corrected chi connectivity index (χ4v) is 11.8. The number of likely N-dealkylation sites (N-methyl/N-ethyl adjacent to an activating group) is 1. The highest BCUT2D eigenvalue weighted by Gasteiger charge is 2.54. The number of aryl methyl sites for hydroxylation is 1. The van der Waals surface area contributed by atoms with Gasteiger partial charge < -0.3 is 79.1 Å². The predicted molar refractivity (Wildman–Crippen MR) is 285 cm³/mol. The number of rotatable bonds is 17. The van der Waals surface area contributed by atoms with Crippen molar-refractivity contribution in [3.8, 4) is 0 Å². The first-order chi connectivity index (χ1) is 35.9. The third-order valence-electron chi connectivity index (χ3n) is 16.2. The first-order valence-corrected chi connectivity index (χ1v) is 27.0. The number of aromatic nitrogens is 1. The SMILES string of the molecule is CC[C@H]1OC(=O)[C@H](C)[C@@H](O[C@H]2C[C@@](C)(OC)[C@@H](OC(=O)CCNCCCc3ccc4c(c3)c(=O)c(C(=O)O)cn4N(C)C)[C@H](C)O2)[C@H](C)[C@@H](O[C@@H]2O[C@H](C)C[C@H](N(C)C)[C@H]2O)[C@](C)(O)C[C@@H](C)/C(=N\O)[C@H](C)[C@@H](O)[C@]1(C)O. The Kier molecular flexibility index (Phi) is 21.7. The van der Waals surface area contributed by atoms with E-state index in [1.807, 2.05) is 32.0 Å². The molecule has 0 aliphatic carbocycles. The molecule has 0 saturated carbocycles. The molecule has 18 atom stereocenters. The number of hydrogen-bond acceptors (Lipinski definition) is 20. The van der Waals surface area contributed by atoms with Crippen LogP contribution >= 0.6 is 0 Å². The Hall–Kier alpha value is -4.33. The van der Waals surface area contributed by atoms with Crippen molar-refractivity contribution in [2.75, 3.05) is 53.4 Å². The van der Waals surface area contributed by atoms with Gasteiger partial charge in [-0.05, 0) is 112 Å². The summed E-state index contributed by atoms with van der Waals surface area (Å²) in [6.45, 7) is 17.4. The van der Waals surface area contributed by atoms with Gasteiger partial charge in [0.2, 0.25) is 5.43 Å². The Morgan fingerprint density at radius 2 is 1.61 bits per heavy atom. The van der Waals surface area contributed by atoms with E-state index in [9.17, 15) is 49.9 Å². The fraction of sp³-hybridized carbons (Fsp3) is 0.764. The highest BCUT2D eigenvalue weighted by atomic mass is 16.7. The van der Waals surface area contributed by atoms with Crippen LogP contribution in [0.4, 0.5) is 0 Å². The molecule has 4 heterocycles. The van der Waals surface area contributed by atoms with Crippen LogP contribution in [0, 0.1) is 23.7 Å². The molecule has 5 rings (SSSR count). The van der Waals surface area contributed by atoms with Crippen molar-refractivity contribution in [2.24, 2.45) is 28.8 Å². The number of carbonyl (C=O) groups is 3. The van der Waals surface area contributed by atoms with Gasteiger partial charge in [-0.2, -0.15) is 0 Å². The number of carbonyl (C=O) groups excluding carboxylic acids is 2. The summed E-state index contributed by atoms with van der Waals surface area (Å²) in [5.41, 5.74) is -4.42. The molecule has 0 spiro atoms. The van der Waals surface area contributed by atoms with Crippen LogP contribution in [0.15, 0.2) is 34.3 Å². The topological polar surface area (TPSA) is 290 Å². The molecule has 436 valence electrons. The second-order valence-corrected chi connectivity index (χ2v) is 22.9. The molecule has 0 unspecified atom stereocenters. The molecule has 2 aromatic rings. The zero-order chi connectivity index (χ0) is 57.6. The normalized spacial score (nSPS) is 37.3. The molecule has 22 heteroatoms. The Bertz CT molecular complexity index is 2410. The minimum absolute atomic E-state index is 0.00251. The number of pyridine rings is 1. The third-order valence-corrected chi connectivity index (χ3v) is 16.2. The van der Waals surface area contributed by atoms with Crippen molar-refractivity contribution in [1.29, 1.82) is 0 Å². The van der Waals surface area contributed by atoms with Crippen LogP contribution in [0.3, 0.4) is 0 Å². The number of benzene rings is 1. The number of nitrogens with zero attached hydrogens (tertiary/aromatic N) is 4. The number of aromatic carboxylic acids is 1. The van der Waals surface area contributed by atoms with Crippen LogP contribution in [-0.4, -0.2) is 197 Å². The molecule has 7 N–H and O–H groups in total. The lowest BCUT2D eigenvalue weighted by Crippen LogP contribution is -2.61. The van der Waals surface area contributed by atoms with Gasteiger partial charge in [-0.25, -0.2) is 4.79 Å². The number of nitrogens with one attached hydrogen (secondary N) is 1. The van der Waals surface area contributed by atoms with Crippen molar-refractivity contribution in [3.05, 3.63) is 45.7 Å². The number of aliphatic hydroxyl groups is 4. The van der Waals surface area contributed by atoms with Crippen molar-refractivity contribution in [1.82, 2.24) is 14.9 Å². The highest BCUT2D eigenvalue weighted by Crippen LogP contribution is 2.42. The van der Waals surface area contributed by atoms with E-state index in [1.54, 1.807) is 84.4 Å². The minimum atomic E-state index is -2.03. The molecule has 1 aromatic heterocycles. The molecule has 0 radical (unpaired) electrons. The second kappa shape index (κ2) is 26.3. The first kappa shape index (κ1) is 63.5. The zero-order valence-electron chi connectivity index (χ0n) is 47.8. The number of aliphatic hydroxyl groups excluding tert-OH is 2. The number of fused-ring (bicyclic) bond motifs is 1. The van der Waals surface area contributed by atoms with Gasteiger partial charge in [0.1, 0.15) is 29.0 Å². The maximum Gasteiger partial charge on any atom is 0.341 e. The lowest BCUT2D eigenvalue weighted by Gasteiger charge is -2.49. The van der Waals surface area contributed by atoms with Gasteiger partial charge in [0.15, 0.2) is 18.7 Å². The lowest BCUT2D eigenvalue weighted by atomic mass is 9.73. The van der Waals surface area contributed by atoms with E-state index < -0.39 is 119 Å². The summed E-state index contributed by atoms with van der Waals surface area (Å²) in [6, 6.07) is 5.04. The van der Waals surface area contributed by atoms with Crippen molar-refractivity contribution in [3.63, 3.8) is 0 Å². The number of methoxy groups -OCH3 is 1. The number of cyclic esters (lactones) is 1. The Morgan fingerprint density at radius 1 is 0.935 bits per heavy atom. The van der Waals surface area contributed by atoms with Crippen molar-refractivity contribution >= 4 is 34.5 Å². The van der Waals surface area contributed by atoms with Gasteiger partial charge in [-0.3, -0.25) is 19.1 Å². The number of ether oxygens (including phenoxy) is 7. The van der Waals surface area contributed by atoms with Crippen LogP contribution < -0.4 is 15.8 Å². The molecule has 3 saturated heterocycles. The molecule has 0 amide bonds. The van der Waals surface area contributed by atoms with E-state index in [1.165, 1.54) is 27.2 Å². The quantitative estimate of drug-likeness (QED) is 0.0517. The van der Waals surface area contributed by atoms with Crippen molar-refractivity contribution in [2.45, 2.75) is 198 Å². The number of esters is 2. The summed E-state index contributed by atoms with van der Waals surface area (Å²) in [6.07, 6.45) is -7.83. The largest absolute Gasteiger partial charge is 0.477 e. The molecular weight excluding hydrogens is 1000 g/mol. The monoisotopic (exact) mass is 1090 g/mol. The van der Waals surface area contributed by atoms with Crippen molar-refractivity contribution < 1.29 is 78.3 Å². The fourth-order valence-electron chi connectivity index (χ4n) is 11.8. The van der Waals surface area contributed by atoms with Crippen LogP contribution in [0.5, 0.6) is 0 Å². The van der Waals surface area contributed by atoms with Gasteiger partial charge in [-0.1, -0.05) is 38.9 Å². The summed E-state index contributed by atoms with van der Waals surface area (Å²) in [5, 5.41) is 76.9. The number of carboxylic acids is 1. The van der Waals surface area contributed by atoms with Crippen LogP contribution in [0.1, 0.15) is 124 Å². The first-order valence-electron chi connectivity index (χ1n) is 27.0. The number of carboxylic acid groups (broad SMARTS) is 1. The van der Waals surface area contributed by atoms with E-state index in [4.69, 9.17) is 33.2 Å². The van der Waals surface area contributed by atoms with Crippen LogP contribution in [0.2, 0.25) is 0 Å². The third kappa shape index (κ3) is 14.5. The molecule has 1 aromatic carbocycles. The van der Waals surface area contributed by atoms with Crippen LogP contribution in [0.25, 0.3) is 10.9 Å². The maximum atomic E-state index is 14.5. The van der Waals surface area contributed by atoms with Gasteiger partial charge in [-0.15, -0.1) is 0 Å². The van der Waals surface area contributed by atoms with Crippen LogP contribution in [-0.2, 0) is 49.2 Å². The lowest BCUT2D eigenvalue weighted by molar-refractivity contribution is -0.318. The maximum absolute atomic E-state index is 14.5. The molecule has 0 bridgehead atoms. The molecule has 77 heavy (non-hydrogen) atoms. The summed E-state index contributed by atoms with van der Waals surface area (Å²) in [5.74, 6) is -6.39. The van der Waals surface area contributed by atoms with E-state index in [0.717, 1.165) is 5.56 Å². The Balaban J connectivity index is 1.35. The van der Waals surface area contributed by atoms with E-state index >= 15 is 0 Å². The second-order valence-electron chi connectivity index (χ2n) is 22.9. The average molecular weight is 1090 g/mol. The predicted octanol–water partition coefficient (Wildman–Crippen LogP) is 3.42. The standard InChI is InChI=1S/C55H89N5O17/c1-16-40-55(10,69)47(64)31(4)43(57-70)29(2)26-53(8,68)48(77-52-45(63)39(58(11)12)24-30(3)72-52)32(5)46(33(6)51(67)74-40)76-42-27-54(9,71-15)49(34(7)73-42)75-41(61)21-23-56-22-17-18-35-19-20-38-36(25-35)44(62)37(50(65)66)28-60(38)59(13)14/h19-20,25,28-34,39-40,42,45-49,52,56,63-64,68-70H,16-18,21-24,26-27H2,1-15H3,(H,65,66)/b57-43+/t29-,30-,31+,32+,33-,34+,39+,40-,42+,45-,46+,47-,48-,49+,52+,53-,54-,55-/m1/s1. The Morgan fingerprint density at radius 3 is 2.21 bits per heavy atom. The molecule has 22 nitrogen and oxygen atoms in total. The van der Waals surface area contributed by atoms with Gasteiger partial charge >= 0.3 is 17.9 Å². The summed E-state index contributed by atoms with van der Waals surface area (Å²) in [7, 11) is 8.66. The van der Waals surface area contributed by atoms with Gasteiger partial charge in [0.05, 0.1) is 59.7 Å². The van der Waals surface area contributed by atoms with E-state index in [2.05, 4.69) is 10.5 Å². The smallest absolute Gasteiger partial charge is 0.341 e. The molecule has 3 aliphatic heterocycles. The average Bonchev–Trinajstić information content (AvgIpc) is 3.36. The minimum Gasteiger partial charge on any atom is -0.477 e. The molecule has 3 aliphatic rings.